The molecular weight excluding hydrogens is 126 g/mol. The van der Waals surface area contributed by atoms with Gasteiger partial charge in [0.15, 0.2) is 12.3 Å². The van der Waals surface area contributed by atoms with E-state index in [1.54, 1.807) is 0 Å². The standard InChI is InChI=1S/C4H5NO4/c1-3-2-8-4(6)9-5(3)7/h5H,1-2H2. The molecule has 5 nitrogen and oxygen atoms in total. The summed E-state index contributed by atoms with van der Waals surface area (Å²) < 4.78 is 4.28. The molecule has 0 aromatic carbocycles. The molecule has 5 heteroatoms. The van der Waals surface area contributed by atoms with Gasteiger partial charge in [-0.2, -0.15) is 4.79 Å². The van der Waals surface area contributed by atoms with Gasteiger partial charge in [0.25, 0.3) is 0 Å². The second kappa shape index (κ2) is 2.04. The lowest BCUT2D eigenvalue weighted by Crippen LogP contribution is -3.06. The summed E-state index contributed by atoms with van der Waals surface area (Å²) in [6, 6.07) is 0. The summed E-state index contributed by atoms with van der Waals surface area (Å²) in [6.45, 7) is 3.22. The molecular formula is C4H5NO4. The van der Waals surface area contributed by atoms with Gasteiger partial charge >= 0.3 is 6.16 Å². The summed E-state index contributed by atoms with van der Waals surface area (Å²) in [5, 5.41) is 9.68. The van der Waals surface area contributed by atoms with Gasteiger partial charge in [0.2, 0.25) is 0 Å². The average molecular weight is 131 g/mol. The van der Waals surface area contributed by atoms with E-state index in [1.807, 2.05) is 0 Å². The van der Waals surface area contributed by atoms with Crippen LogP contribution >= 0.6 is 0 Å². The number of rotatable bonds is 0. The third-order valence-electron chi connectivity index (χ3n) is 0.829. The van der Waals surface area contributed by atoms with Crippen molar-refractivity contribution in [2.75, 3.05) is 6.61 Å². The minimum atomic E-state index is -0.951. The van der Waals surface area contributed by atoms with Crippen LogP contribution in [0, 0.1) is 5.21 Å². The van der Waals surface area contributed by atoms with E-state index >= 15 is 0 Å². The number of ether oxygens (including phenoxy) is 1. The van der Waals surface area contributed by atoms with Gasteiger partial charge in [-0.1, -0.05) is 0 Å². The largest absolute Gasteiger partial charge is 0.585 e. The molecule has 50 valence electrons. The maximum atomic E-state index is 10.4. The van der Waals surface area contributed by atoms with E-state index in [2.05, 4.69) is 16.2 Å². The van der Waals surface area contributed by atoms with Crippen LogP contribution < -0.4 is 5.23 Å². The van der Waals surface area contributed by atoms with Gasteiger partial charge < -0.3 is 9.94 Å². The first kappa shape index (κ1) is 6.06. The maximum absolute atomic E-state index is 10.4. The third kappa shape index (κ3) is 1.18. The minimum absolute atomic E-state index is 0.0579. The van der Waals surface area contributed by atoms with Crippen LogP contribution in [0.25, 0.3) is 0 Å². The van der Waals surface area contributed by atoms with Crippen LogP contribution in [-0.2, 0) is 9.57 Å². The molecule has 0 amide bonds. The van der Waals surface area contributed by atoms with Crippen LogP contribution in [0.2, 0.25) is 0 Å². The molecule has 9 heavy (non-hydrogen) atoms. The van der Waals surface area contributed by atoms with Crippen LogP contribution in [0.15, 0.2) is 12.3 Å². The highest BCUT2D eigenvalue weighted by Gasteiger charge is 2.21. The van der Waals surface area contributed by atoms with Crippen molar-refractivity contribution in [2.24, 2.45) is 0 Å². The first-order valence-corrected chi connectivity index (χ1v) is 2.27. The SMILES string of the molecule is C=C1COC(=O)O[NH+]1[O-]. The van der Waals surface area contributed by atoms with Gasteiger partial charge in [-0.25, -0.2) is 4.84 Å². The molecule has 1 saturated heterocycles. The summed E-state index contributed by atoms with van der Waals surface area (Å²) in [6.07, 6.45) is -0.951. The van der Waals surface area contributed by atoms with Gasteiger partial charge in [-0.3, -0.25) is 0 Å². The Morgan fingerprint density at radius 1 is 1.78 bits per heavy atom. The second-order valence-electron chi connectivity index (χ2n) is 1.53. The summed E-state index contributed by atoms with van der Waals surface area (Å²) >= 11 is 0. The Kier molecular flexibility index (Phi) is 1.37. The highest BCUT2D eigenvalue weighted by Crippen LogP contribution is 1.90. The Morgan fingerprint density at radius 2 is 2.44 bits per heavy atom. The molecule has 0 radical (unpaired) electrons. The third-order valence-corrected chi connectivity index (χ3v) is 0.829. The zero-order chi connectivity index (χ0) is 6.85. The van der Waals surface area contributed by atoms with E-state index in [0.717, 1.165) is 0 Å². The smallest absolute Gasteiger partial charge is 0.560 e. The number of quaternary nitrogens is 1. The first-order valence-electron chi connectivity index (χ1n) is 2.27. The molecule has 0 aliphatic carbocycles. The summed E-state index contributed by atoms with van der Waals surface area (Å²) in [7, 11) is 0. The van der Waals surface area contributed by atoms with Crippen molar-refractivity contribution in [1.29, 1.82) is 0 Å². The fraction of sp³-hybridized carbons (Fsp3) is 0.250. The van der Waals surface area contributed by atoms with E-state index in [9.17, 15) is 10.0 Å². The van der Waals surface area contributed by atoms with Crippen molar-refractivity contribution in [3.05, 3.63) is 17.5 Å². The van der Waals surface area contributed by atoms with Gasteiger partial charge in [0.05, 0.1) is 0 Å². The first-order chi connectivity index (χ1) is 4.20. The van der Waals surface area contributed by atoms with Crippen molar-refractivity contribution >= 4 is 6.16 Å². The van der Waals surface area contributed by atoms with Gasteiger partial charge in [0.1, 0.15) is 0 Å². The predicted octanol–water partition coefficient (Wildman–Crippen LogP) is -1.04. The molecule has 0 aromatic rings. The summed E-state index contributed by atoms with van der Waals surface area (Å²) in [4.78, 5) is 14.1. The predicted molar refractivity (Wildman–Crippen MR) is 25.9 cm³/mol. The molecule has 1 aliphatic heterocycles. The zero-order valence-corrected chi connectivity index (χ0v) is 4.55. The molecule has 1 fully saturated rings. The van der Waals surface area contributed by atoms with E-state index < -0.39 is 11.4 Å². The lowest BCUT2D eigenvalue weighted by Gasteiger charge is -2.23. The molecule has 0 spiro atoms. The molecule has 1 atom stereocenters. The fourth-order valence-corrected chi connectivity index (χ4v) is 0.382. The van der Waals surface area contributed by atoms with E-state index in [0.29, 0.717) is 0 Å². The quantitative estimate of drug-likeness (QED) is 0.337. The Labute approximate surface area is 51.0 Å². The van der Waals surface area contributed by atoms with E-state index in [1.165, 1.54) is 0 Å². The van der Waals surface area contributed by atoms with Crippen molar-refractivity contribution in [3.63, 3.8) is 0 Å². The summed E-state index contributed by atoms with van der Waals surface area (Å²) in [5.74, 6) is 0. The lowest BCUT2D eigenvalue weighted by atomic mass is 10.5. The van der Waals surface area contributed by atoms with Crippen molar-refractivity contribution in [3.8, 4) is 0 Å². The molecule has 0 aromatic heterocycles. The molecule has 1 unspecified atom stereocenters. The Hall–Kier alpha value is -1.07. The second-order valence-corrected chi connectivity index (χ2v) is 1.53. The normalized spacial score (nSPS) is 27.0. The van der Waals surface area contributed by atoms with Crippen LogP contribution in [-0.4, -0.2) is 12.8 Å². The average Bonchev–Trinajstić information content (AvgIpc) is 1.80. The topological polar surface area (TPSA) is 63.0 Å². The molecule has 1 aliphatic rings. The highest BCUT2D eigenvalue weighted by atomic mass is 17.0. The fourth-order valence-electron chi connectivity index (χ4n) is 0.382. The van der Waals surface area contributed by atoms with Crippen LogP contribution in [0.5, 0.6) is 0 Å². The summed E-state index contributed by atoms with van der Waals surface area (Å²) in [5.41, 5.74) is 0.162. The van der Waals surface area contributed by atoms with E-state index in [4.69, 9.17) is 0 Å². The van der Waals surface area contributed by atoms with E-state index in [-0.39, 0.29) is 12.3 Å². The van der Waals surface area contributed by atoms with Crippen molar-refractivity contribution < 1.29 is 19.6 Å². The van der Waals surface area contributed by atoms with Gasteiger partial charge in [-0.15, -0.1) is 5.23 Å². The Bertz CT molecular complexity index is 155. The molecule has 1 rings (SSSR count). The number of hydroxylamine groups is 2. The molecule has 1 heterocycles. The van der Waals surface area contributed by atoms with Crippen molar-refractivity contribution in [1.82, 2.24) is 0 Å². The number of nitrogens with one attached hydrogen (secondary N) is 1. The number of carbonyl (C=O) groups excluding carboxylic acids is 1. The van der Waals surface area contributed by atoms with Gasteiger partial charge in [0, 0.05) is 0 Å². The number of hydrogen-bond acceptors (Lipinski definition) is 4. The zero-order valence-electron chi connectivity index (χ0n) is 4.55. The lowest BCUT2D eigenvalue weighted by molar-refractivity contribution is -1.01. The van der Waals surface area contributed by atoms with Crippen molar-refractivity contribution in [2.45, 2.75) is 0 Å². The Balaban J connectivity index is 2.54. The highest BCUT2D eigenvalue weighted by molar-refractivity contribution is 5.59. The molecule has 0 bridgehead atoms. The monoisotopic (exact) mass is 131 g/mol. The number of cyclic esters (lactones) is 1. The molecule has 1 N–H and O–H groups in total. The minimum Gasteiger partial charge on any atom is -0.585 e. The van der Waals surface area contributed by atoms with Crippen LogP contribution in [0.3, 0.4) is 0 Å². The number of hydrogen-bond donors (Lipinski definition) is 1. The van der Waals surface area contributed by atoms with Crippen LogP contribution in [0.4, 0.5) is 4.79 Å². The molecule has 0 saturated carbocycles. The Morgan fingerprint density at radius 3 is 2.89 bits per heavy atom. The van der Waals surface area contributed by atoms with Gasteiger partial charge in [-0.05, 0) is 6.58 Å². The van der Waals surface area contributed by atoms with Crippen LogP contribution in [0.1, 0.15) is 0 Å². The number of carbonyl (C=O) groups is 1. The maximum Gasteiger partial charge on any atom is 0.560 e.